The van der Waals surface area contributed by atoms with Crippen LogP contribution in [0.25, 0.3) is 0 Å². The molecule has 0 aliphatic carbocycles. The molecule has 0 bridgehead atoms. The average Bonchev–Trinajstić information content (AvgIpc) is 2.68. The molecule has 1 N–H and O–H groups in total. The highest BCUT2D eigenvalue weighted by Gasteiger charge is 2.19. The first-order valence-corrected chi connectivity index (χ1v) is 8.46. The van der Waals surface area contributed by atoms with Gasteiger partial charge in [-0.1, -0.05) is 30.3 Å². The molecule has 138 valence electrons. The largest absolute Gasteiger partial charge is 0.483 e. The van der Waals surface area contributed by atoms with E-state index in [2.05, 4.69) is 15.3 Å². The molecule has 7 heteroatoms. The number of nitrogens with zero attached hydrogens (tertiary/aromatic N) is 3. The Morgan fingerprint density at radius 2 is 1.93 bits per heavy atom. The lowest BCUT2D eigenvalue weighted by molar-refractivity contribution is 0.0935. The third-order valence-electron chi connectivity index (χ3n) is 3.95. The Morgan fingerprint density at radius 3 is 2.63 bits per heavy atom. The fourth-order valence-electron chi connectivity index (χ4n) is 2.50. The third kappa shape index (κ3) is 4.58. The second-order valence-electron chi connectivity index (χ2n) is 6.07. The van der Waals surface area contributed by atoms with Gasteiger partial charge in [0.15, 0.2) is 11.4 Å². The van der Waals surface area contributed by atoms with Gasteiger partial charge in [-0.2, -0.15) is 0 Å². The minimum absolute atomic E-state index is 0.0244. The number of pyridine rings is 1. The Morgan fingerprint density at radius 1 is 1.15 bits per heavy atom. The summed E-state index contributed by atoms with van der Waals surface area (Å²) in [6.45, 7) is 2.24. The summed E-state index contributed by atoms with van der Waals surface area (Å²) in [6, 6.07) is 10.8. The summed E-state index contributed by atoms with van der Waals surface area (Å²) in [4.78, 5) is 33.3. The van der Waals surface area contributed by atoms with Crippen molar-refractivity contribution in [2.24, 2.45) is 7.05 Å². The standard InChI is InChI=1S/C20H20N4O3/c1-14-10-22-16(11-21-14)12-23-20(26)18-19(17(25)8-9-24(18)2)27-13-15-6-4-3-5-7-15/h3-11H,12-13H2,1-2H3,(H,23,26). The van der Waals surface area contributed by atoms with Crippen LogP contribution >= 0.6 is 0 Å². The van der Waals surface area contributed by atoms with Crippen LogP contribution in [0.3, 0.4) is 0 Å². The van der Waals surface area contributed by atoms with Gasteiger partial charge in [0.25, 0.3) is 5.91 Å². The van der Waals surface area contributed by atoms with Gasteiger partial charge in [-0.25, -0.2) is 0 Å². The van der Waals surface area contributed by atoms with Crippen LogP contribution in [0.1, 0.15) is 27.4 Å². The zero-order chi connectivity index (χ0) is 19.2. The van der Waals surface area contributed by atoms with Crippen LogP contribution in [0, 0.1) is 6.92 Å². The van der Waals surface area contributed by atoms with E-state index in [1.807, 2.05) is 37.3 Å². The molecular weight excluding hydrogens is 344 g/mol. The van der Waals surface area contributed by atoms with Crippen LogP contribution in [0.2, 0.25) is 0 Å². The number of hydrogen-bond acceptors (Lipinski definition) is 5. The molecule has 0 saturated heterocycles. The number of aromatic nitrogens is 3. The molecule has 1 amide bonds. The number of nitrogens with one attached hydrogen (secondary N) is 1. The first kappa shape index (κ1) is 18.3. The number of amides is 1. The van der Waals surface area contributed by atoms with Gasteiger partial charge in [0.05, 0.1) is 24.1 Å². The third-order valence-corrected chi connectivity index (χ3v) is 3.95. The number of benzene rings is 1. The first-order chi connectivity index (χ1) is 13.0. The summed E-state index contributed by atoms with van der Waals surface area (Å²) in [7, 11) is 1.69. The quantitative estimate of drug-likeness (QED) is 0.723. The number of carbonyl (C=O) groups is 1. The van der Waals surface area contributed by atoms with E-state index in [4.69, 9.17) is 4.74 Å². The van der Waals surface area contributed by atoms with E-state index in [0.717, 1.165) is 11.3 Å². The van der Waals surface area contributed by atoms with E-state index in [9.17, 15) is 9.59 Å². The minimum atomic E-state index is -0.416. The molecule has 0 fully saturated rings. The molecule has 27 heavy (non-hydrogen) atoms. The summed E-state index contributed by atoms with van der Waals surface area (Å²) in [6.07, 6.45) is 4.78. The van der Waals surface area contributed by atoms with Crippen molar-refractivity contribution in [1.29, 1.82) is 0 Å². The van der Waals surface area contributed by atoms with Gasteiger partial charge in [-0.15, -0.1) is 0 Å². The predicted molar refractivity (Wildman–Crippen MR) is 100 cm³/mol. The van der Waals surface area contributed by atoms with Crippen LogP contribution in [-0.4, -0.2) is 20.4 Å². The van der Waals surface area contributed by atoms with Gasteiger partial charge in [0.1, 0.15) is 6.61 Å². The maximum atomic E-state index is 12.7. The molecule has 2 heterocycles. The van der Waals surface area contributed by atoms with Gasteiger partial charge in [0.2, 0.25) is 5.43 Å². The van der Waals surface area contributed by atoms with Crippen LogP contribution < -0.4 is 15.5 Å². The van der Waals surface area contributed by atoms with E-state index in [1.165, 1.54) is 12.3 Å². The zero-order valence-corrected chi connectivity index (χ0v) is 15.2. The van der Waals surface area contributed by atoms with Crippen molar-refractivity contribution in [3.8, 4) is 5.75 Å². The SMILES string of the molecule is Cc1cnc(CNC(=O)c2c(OCc3ccccc3)c(=O)ccn2C)cn1. The Bertz CT molecular complexity index is 982. The maximum absolute atomic E-state index is 12.7. The lowest BCUT2D eigenvalue weighted by atomic mass is 10.2. The van der Waals surface area contributed by atoms with Crippen molar-refractivity contribution in [2.45, 2.75) is 20.1 Å². The highest BCUT2D eigenvalue weighted by molar-refractivity contribution is 5.95. The molecule has 0 aliphatic rings. The van der Waals surface area contributed by atoms with Crippen molar-refractivity contribution >= 4 is 5.91 Å². The Kier molecular flexibility index (Phi) is 5.61. The van der Waals surface area contributed by atoms with Gasteiger partial charge < -0.3 is 14.6 Å². The van der Waals surface area contributed by atoms with E-state index in [0.29, 0.717) is 5.69 Å². The van der Waals surface area contributed by atoms with Crippen molar-refractivity contribution in [3.63, 3.8) is 0 Å². The first-order valence-electron chi connectivity index (χ1n) is 8.46. The highest BCUT2D eigenvalue weighted by Crippen LogP contribution is 2.15. The van der Waals surface area contributed by atoms with Crippen molar-refractivity contribution < 1.29 is 9.53 Å². The van der Waals surface area contributed by atoms with Crippen LogP contribution in [0.15, 0.2) is 59.8 Å². The van der Waals surface area contributed by atoms with E-state index in [1.54, 1.807) is 24.0 Å². The van der Waals surface area contributed by atoms with Crippen molar-refractivity contribution in [3.05, 3.63) is 87.9 Å². The summed E-state index contributed by atoms with van der Waals surface area (Å²) in [5.74, 6) is -0.392. The van der Waals surface area contributed by atoms with Crippen molar-refractivity contribution in [1.82, 2.24) is 19.9 Å². The van der Waals surface area contributed by atoms with E-state index >= 15 is 0 Å². The molecule has 0 unspecified atom stereocenters. The van der Waals surface area contributed by atoms with Crippen LogP contribution in [0.5, 0.6) is 5.75 Å². The monoisotopic (exact) mass is 364 g/mol. The molecule has 7 nitrogen and oxygen atoms in total. The number of hydrogen-bond donors (Lipinski definition) is 1. The van der Waals surface area contributed by atoms with Gasteiger partial charge in [0, 0.05) is 25.5 Å². The zero-order valence-electron chi connectivity index (χ0n) is 15.2. The Labute approximate surface area is 156 Å². The Hall–Kier alpha value is -3.48. The fraction of sp³-hybridized carbons (Fsp3) is 0.200. The Balaban J connectivity index is 1.78. The average molecular weight is 364 g/mol. The fourth-order valence-corrected chi connectivity index (χ4v) is 2.50. The molecule has 2 aromatic heterocycles. The lowest BCUT2D eigenvalue weighted by Gasteiger charge is -2.14. The molecule has 0 spiro atoms. The number of rotatable bonds is 6. The summed E-state index contributed by atoms with van der Waals surface area (Å²) in [5.41, 5.74) is 2.15. The lowest BCUT2D eigenvalue weighted by Crippen LogP contribution is -2.29. The number of aryl methyl sites for hydroxylation is 2. The highest BCUT2D eigenvalue weighted by atomic mass is 16.5. The minimum Gasteiger partial charge on any atom is -0.483 e. The summed E-state index contributed by atoms with van der Waals surface area (Å²) in [5, 5.41) is 2.76. The predicted octanol–water partition coefficient (Wildman–Crippen LogP) is 1.99. The smallest absolute Gasteiger partial charge is 0.272 e. The topological polar surface area (TPSA) is 86.1 Å². The number of carbonyl (C=O) groups excluding carboxylic acids is 1. The second-order valence-corrected chi connectivity index (χ2v) is 6.07. The van der Waals surface area contributed by atoms with Gasteiger partial charge in [-0.05, 0) is 12.5 Å². The van der Waals surface area contributed by atoms with Crippen molar-refractivity contribution in [2.75, 3.05) is 0 Å². The maximum Gasteiger partial charge on any atom is 0.272 e. The molecule has 0 atom stereocenters. The molecule has 0 saturated carbocycles. The number of ether oxygens (including phenoxy) is 1. The molecule has 0 aliphatic heterocycles. The molecule has 1 aromatic carbocycles. The van der Waals surface area contributed by atoms with E-state index in [-0.39, 0.29) is 30.0 Å². The normalized spacial score (nSPS) is 10.4. The molecular formula is C20H20N4O3. The molecule has 0 radical (unpaired) electrons. The summed E-state index contributed by atoms with van der Waals surface area (Å²) >= 11 is 0. The molecule has 3 aromatic rings. The molecule has 3 rings (SSSR count). The van der Waals surface area contributed by atoms with Crippen LogP contribution in [-0.2, 0) is 20.2 Å². The van der Waals surface area contributed by atoms with Crippen LogP contribution in [0.4, 0.5) is 0 Å². The summed E-state index contributed by atoms with van der Waals surface area (Å²) < 4.78 is 7.27. The van der Waals surface area contributed by atoms with Gasteiger partial charge >= 0.3 is 0 Å². The van der Waals surface area contributed by atoms with E-state index < -0.39 is 5.91 Å². The van der Waals surface area contributed by atoms with Gasteiger partial charge in [-0.3, -0.25) is 19.6 Å². The second kappa shape index (κ2) is 8.27.